The third kappa shape index (κ3) is 7.51. The van der Waals surface area contributed by atoms with Crippen LogP contribution in [0.2, 0.25) is 0 Å². The predicted molar refractivity (Wildman–Crippen MR) is 90.6 cm³/mol. The van der Waals surface area contributed by atoms with Gasteiger partial charge >= 0.3 is 59.1 Å². The zero-order valence-corrected chi connectivity index (χ0v) is 21.5. The van der Waals surface area contributed by atoms with Crippen molar-refractivity contribution in [2.75, 3.05) is 24.3 Å². The van der Waals surface area contributed by atoms with Gasteiger partial charge in [0.1, 0.15) is 5.75 Å². The van der Waals surface area contributed by atoms with E-state index >= 15 is 0 Å². The van der Waals surface area contributed by atoms with E-state index in [4.69, 9.17) is 4.74 Å². The van der Waals surface area contributed by atoms with Gasteiger partial charge in [-0.25, -0.2) is 8.42 Å². The smallest absolute Gasteiger partial charge is 0.748 e. The van der Waals surface area contributed by atoms with Crippen LogP contribution >= 0.6 is 0 Å². The molecule has 1 unspecified atom stereocenters. The molecule has 1 aromatic carbocycles. The van der Waals surface area contributed by atoms with Crippen LogP contribution in [0.25, 0.3) is 0 Å². The first-order chi connectivity index (χ1) is 11.5. The Hall–Kier alpha value is 0.200. The molecule has 0 radical (unpaired) electrons. The Morgan fingerprint density at radius 1 is 1.33 bits per heavy atom. The maximum atomic E-state index is 11.3. The summed E-state index contributed by atoms with van der Waals surface area (Å²) in [6.45, 7) is 4.40. The van der Waals surface area contributed by atoms with Crippen LogP contribution in [-0.2, 0) is 14.9 Å². The molecule has 0 fully saturated rings. The fourth-order valence-corrected chi connectivity index (χ4v) is 4.37. The molecule has 140 valence electrons. The van der Waals surface area contributed by atoms with Crippen molar-refractivity contribution in [1.29, 1.82) is 0 Å². The summed E-state index contributed by atoms with van der Waals surface area (Å²) >= 11 is 0. The van der Waals surface area contributed by atoms with Crippen LogP contribution in [0.5, 0.6) is 5.75 Å². The van der Waals surface area contributed by atoms with Crippen molar-refractivity contribution in [3.8, 4) is 5.75 Å². The van der Waals surface area contributed by atoms with Crippen molar-refractivity contribution >= 4 is 21.8 Å². The van der Waals surface area contributed by atoms with Gasteiger partial charge in [-0.2, -0.15) is 0 Å². The molecule has 2 rings (SSSR count). The number of nitrogens with zero attached hydrogens (tertiary/aromatic N) is 1. The fraction of sp³-hybridized carbons (Fsp3) is 0.588. The second kappa shape index (κ2) is 10.8. The van der Waals surface area contributed by atoms with Gasteiger partial charge in [-0.15, -0.1) is 0 Å². The van der Waals surface area contributed by atoms with E-state index in [2.05, 4.69) is 4.90 Å². The van der Waals surface area contributed by atoms with Crippen molar-refractivity contribution < 1.29 is 86.7 Å². The average molecular weight is 415 g/mol. The van der Waals surface area contributed by atoms with Crippen LogP contribution in [-0.4, -0.2) is 43.9 Å². The quantitative estimate of drug-likeness (QED) is 0.324. The van der Waals surface area contributed by atoms with Crippen LogP contribution < -0.4 is 73.9 Å². The van der Waals surface area contributed by atoms with Gasteiger partial charge in [0.15, 0.2) is 0 Å². The van der Waals surface area contributed by atoms with E-state index in [0.717, 1.165) is 11.3 Å². The Labute approximate surface area is 205 Å². The standard InChI is InChI=1S/C17H25NO6S.2Na/c1-17(2)10-12(11-25(21,22)23)14-7-6-13(24-3)9-15(14)18(17)8-4-5-16(19)20;;/h6-7,9,12H,4-5,8,10-11H2,1-3H3,(H,19,20)(H,21,22,23);;/q;2*+1/p-2. The van der Waals surface area contributed by atoms with Gasteiger partial charge < -0.3 is 24.1 Å². The molecule has 27 heavy (non-hydrogen) atoms. The molecule has 0 amide bonds. The van der Waals surface area contributed by atoms with E-state index in [9.17, 15) is 22.9 Å². The zero-order valence-electron chi connectivity index (χ0n) is 16.6. The molecule has 7 nitrogen and oxygen atoms in total. The number of benzene rings is 1. The molecular formula is C17H23NNa2O6S. The number of methoxy groups -OCH3 is 1. The fourth-order valence-electron chi connectivity index (χ4n) is 3.58. The minimum atomic E-state index is -4.36. The van der Waals surface area contributed by atoms with Crippen molar-refractivity contribution in [3.63, 3.8) is 0 Å². The Morgan fingerprint density at radius 2 is 1.96 bits per heavy atom. The molecule has 0 spiro atoms. The molecule has 0 saturated heterocycles. The number of hydrogen-bond donors (Lipinski definition) is 0. The number of carboxylic acid groups (broad SMARTS) is 1. The van der Waals surface area contributed by atoms with Crippen LogP contribution in [0.15, 0.2) is 18.2 Å². The maximum absolute atomic E-state index is 11.3. The SMILES string of the molecule is COc1ccc2c(c1)N(CCCC(=O)[O-])C(C)(C)CC2CS(=O)(=O)[O-].[Na+].[Na+]. The molecule has 0 aliphatic carbocycles. The molecule has 0 aromatic heterocycles. The number of ether oxygens (including phenoxy) is 1. The van der Waals surface area contributed by atoms with E-state index in [1.807, 2.05) is 13.8 Å². The van der Waals surface area contributed by atoms with Crippen LogP contribution in [0, 0.1) is 0 Å². The van der Waals surface area contributed by atoms with Gasteiger partial charge in [0, 0.05) is 41.5 Å². The van der Waals surface area contributed by atoms with Crippen LogP contribution in [0.1, 0.15) is 44.6 Å². The van der Waals surface area contributed by atoms with E-state index < -0.39 is 33.3 Å². The van der Waals surface area contributed by atoms with Gasteiger partial charge in [-0.3, -0.25) is 0 Å². The summed E-state index contributed by atoms with van der Waals surface area (Å²) < 4.78 is 39.2. The van der Waals surface area contributed by atoms with Crippen molar-refractivity contribution in [2.24, 2.45) is 0 Å². The number of carbonyl (C=O) groups excluding carboxylic acids is 1. The molecule has 10 heteroatoms. The predicted octanol–water partition coefficient (Wildman–Crippen LogP) is -5.15. The summed E-state index contributed by atoms with van der Waals surface area (Å²) in [4.78, 5) is 12.8. The largest absolute Gasteiger partial charge is 1.00 e. The van der Waals surface area contributed by atoms with Gasteiger partial charge in [0.2, 0.25) is 0 Å². The normalized spacial score (nSPS) is 17.9. The summed E-state index contributed by atoms with van der Waals surface area (Å²) in [6, 6.07) is 5.33. The minimum Gasteiger partial charge on any atom is -0.748 e. The summed E-state index contributed by atoms with van der Waals surface area (Å²) in [5, 5.41) is 10.7. The molecule has 1 atom stereocenters. The Morgan fingerprint density at radius 3 is 2.48 bits per heavy atom. The third-order valence-electron chi connectivity index (χ3n) is 4.61. The van der Waals surface area contributed by atoms with Gasteiger partial charge in [0.25, 0.3) is 0 Å². The molecule has 1 aliphatic heterocycles. The second-order valence-corrected chi connectivity index (χ2v) is 8.44. The second-order valence-electron chi connectivity index (χ2n) is 6.99. The van der Waals surface area contributed by atoms with Crippen LogP contribution in [0.4, 0.5) is 5.69 Å². The first kappa shape index (κ1) is 27.2. The summed E-state index contributed by atoms with van der Waals surface area (Å²) in [6.07, 6.45) is 0.844. The third-order valence-corrected chi connectivity index (χ3v) is 5.42. The topological polar surface area (TPSA) is 110 Å². The minimum absolute atomic E-state index is 0. The van der Waals surface area contributed by atoms with Gasteiger partial charge in [-0.05, 0) is 44.7 Å². The van der Waals surface area contributed by atoms with Gasteiger partial charge in [-0.1, -0.05) is 6.07 Å². The summed E-state index contributed by atoms with van der Waals surface area (Å²) in [7, 11) is -2.83. The number of fused-ring (bicyclic) bond motifs is 1. The number of hydrogen-bond acceptors (Lipinski definition) is 7. The molecule has 0 saturated carbocycles. The first-order valence-corrected chi connectivity index (χ1v) is 9.70. The molecule has 1 aromatic rings. The van der Waals surface area contributed by atoms with E-state index in [0.29, 0.717) is 25.1 Å². The molecule has 1 aliphatic rings. The van der Waals surface area contributed by atoms with Crippen molar-refractivity contribution in [1.82, 2.24) is 0 Å². The first-order valence-electron chi connectivity index (χ1n) is 8.12. The molecular weight excluding hydrogens is 392 g/mol. The molecule has 1 heterocycles. The number of rotatable bonds is 7. The van der Waals surface area contributed by atoms with Crippen molar-refractivity contribution in [2.45, 2.75) is 44.6 Å². The number of anilines is 1. The average Bonchev–Trinajstić information content (AvgIpc) is 2.47. The van der Waals surface area contributed by atoms with E-state index in [1.165, 1.54) is 7.11 Å². The summed E-state index contributed by atoms with van der Waals surface area (Å²) in [5.41, 5.74) is 1.12. The summed E-state index contributed by atoms with van der Waals surface area (Å²) in [5.74, 6) is -1.35. The number of carbonyl (C=O) groups is 1. The Bertz CT molecular complexity index is 754. The van der Waals surface area contributed by atoms with Crippen molar-refractivity contribution in [3.05, 3.63) is 23.8 Å². The van der Waals surface area contributed by atoms with E-state index in [-0.39, 0.29) is 65.5 Å². The molecule has 0 N–H and O–H groups in total. The number of aliphatic carboxylic acids is 1. The van der Waals surface area contributed by atoms with Gasteiger partial charge in [0.05, 0.1) is 17.2 Å². The Balaban J connectivity index is 0.00000338. The zero-order chi connectivity index (χ0) is 18.8. The molecule has 0 bridgehead atoms. The Kier molecular flexibility index (Phi) is 10.9. The van der Waals surface area contributed by atoms with E-state index in [1.54, 1.807) is 18.2 Å². The van der Waals surface area contributed by atoms with Crippen LogP contribution in [0.3, 0.4) is 0 Å². The maximum Gasteiger partial charge on any atom is 1.00 e. The number of carboxylic acids is 1. The monoisotopic (exact) mass is 415 g/mol.